The van der Waals surface area contributed by atoms with Gasteiger partial charge in [0.1, 0.15) is 5.92 Å². The summed E-state index contributed by atoms with van der Waals surface area (Å²) in [5, 5.41) is 9.17. The van der Waals surface area contributed by atoms with Crippen LogP contribution in [-0.4, -0.2) is 11.7 Å². The van der Waals surface area contributed by atoms with Gasteiger partial charge in [0, 0.05) is 29.8 Å². The van der Waals surface area contributed by atoms with Gasteiger partial charge < -0.3 is 0 Å². The number of hydrogen-bond acceptors (Lipinski definition) is 3. The number of hydrogen-bond donors (Lipinski definition) is 0. The minimum atomic E-state index is -0.754. The number of carbonyl (C=O) groups excluding carboxylic acids is 2. The Bertz CT molecular complexity index is 640. The fourth-order valence-electron chi connectivity index (χ4n) is 2.90. The number of allylic oxidation sites excluding steroid dienone is 2. The molecule has 1 aromatic carbocycles. The van der Waals surface area contributed by atoms with Crippen LogP contribution in [0.2, 0.25) is 0 Å². The van der Waals surface area contributed by atoms with Crippen LogP contribution in [0.25, 0.3) is 0 Å². The molecule has 1 aliphatic heterocycles. The Morgan fingerprint density at radius 3 is 2.60 bits per heavy atom. The van der Waals surface area contributed by atoms with Crippen molar-refractivity contribution < 1.29 is 9.59 Å². The SMILES string of the molecule is N#CC1CC2=C(CCCC2=O)N(c2ccccc2)C1=O. The fourth-order valence-corrected chi connectivity index (χ4v) is 2.90. The number of Topliss-reactive ketones (excluding diaryl/α,β-unsaturated/α-hetero) is 1. The molecule has 2 aliphatic rings. The van der Waals surface area contributed by atoms with Crippen LogP contribution in [0.5, 0.6) is 0 Å². The Morgan fingerprint density at radius 1 is 1.15 bits per heavy atom. The number of ketones is 1. The summed E-state index contributed by atoms with van der Waals surface area (Å²) in [6.07, 6.45) is 2.28. The lowest BCUT2D eigenvalue weighted by Gasteiger charge is -2.35. The number of amides is 1. The summed E-state index contributed by atoms with van der Waals surface area (Å²) in [5.74, 6) is -0.886. The first kappa shape index (κ1) is 12.6. The molecule has 1 aliphatic carbocycles. The van der Waals surface area contributed by atoms with E-state index in [1.54, 1.807) is 4.90 Å². The topological polar surface area (TPSA) is 61.2 Å². The molecule has 20 heavy (non-hydrogen) atoms. The molecule has 4 heteroatoms. The van der Waals surface area contributed by atoms with E-state index in [0.29, 0.717) is 12.0 Å². The lowest BCUT2D eigenvalue weighted by molar-refractivity contribution is -0.121. The fraction of sp³-hybridized carbons (Fsp3) is 0.312. The maximum Gasteiger partial charge on any atom is 0.248 e. The van der Waals surface area contributed by atoms with Gasteiger partial charge in [-0.1, -0.05) is 18.2 Å². The van der Waals surface area contributed by atoms with Crippen molar-refractivity contribution in [1.29, 1.82) is 5.26 Å². The van der Waals surface area contributed by atoms with Crippen molar-refractivity contribution in [2.24, 2.45) is 5.92 Å². The number of carbonyl (C=O) groups is 2. The third-order valence-electron chi connectivity index (χ3n) is 3.87. The maximum absolute atomic E-state index is 12.5. The molecule has 3 rings (SSSR count). The molecule has 0 saturated carbocycles. The lowest BCUT2D eigenvalue weighted by atomic mass is 9.83. The Morgan fingerprint density at radius 2 is 1.90 bits per heavy atom. The Labute approximate surface area is 117 Å². The van der Waals surface area contributed by atoms with E-state index in [0.717, 1.165) is 24.2 Å². The first-order chi connectivity index (χ1) is 9.72. The Kier molecular flexibility index (Phi) is 3.11. The molecule has 0 spiro atoms. The minimum Gasteiger partial charge on any atom is -0.294 e. The second-order valence-corrected chi connectivity index (χ2v) is 5.10. The molecular formula is C16H14N2O2. The van der Waals surface area contributed by atoms with Gasteiger partial charge in [-0.2, -0.15) is 5.26 Å². The smallest absolute Gasteiger partial charge is 0.248 e. The molecule has 4 nitrogen and oxygen atoms in total. The van der Waals surface area contributed by atoms with Crippen LogP contribution >= 0.6 is 0 Å². The van der Waals surface area contributed by atoms with Gasteiger partial charge in [-0.05, 0) is 25.0 Å². The summed E-state index contributed by atoms with van der Waals surface area (Å²) in [5.41, 5.74) is 2.20. The van der Waals surface area contributed by atoms with E-state index < -0.39 is 5.92 Å². The molecule has 1 heterocycles. The molecule has 100 valence electrons. The normalized spacial score (nSPS) is 22.6. The summed E-state index contributed by atoms with van der Waals surface area (Å²) in [6.45, 7) is 0. The van der Waals surface area contributed by atoms with Crippen molar-refractivity contribution in [2.75, 3.05) is 4.90 Å². The van der Waals surface area contributed by atoms with Crippen molar-refractivity contribution in [1.82, 2.24) is 0 Å². The first-order valence-corrected chi connectivity index (χ1v) is 6.76. The average molecular weight is 266 g/mol. The zero-order valence-corrected chi connectivity index (χ0v) is 11.0. The van der Waals surface area contributed by atoms with Crippen LogP contribution in [0.3, 0.4) is 0 Å². The van der Waals surface area contributed by atoms with Crippen molar-refractivity contribution in [3.05, 3.63) is 41.6 Å². The molecule has 0 saturated heterocycles. The van der Waals surface area contributed by atoms with E-state index in [9.17, 15) is 14.9 Å². The summed E-state index contributed by atoms with van der Waals surface area (Å²) in [7, 11) is 0. The molecule has 1 unspecified atom stereocenters. The standard InChI is InChI=1S/C16H14N2O2/c17-10-11-9-13-14(7-4-8-15(13)19)18(16(11)20)12-5-2-1-3-6-12/h1-3,5-6,11H,4,7-9H2. The summed E-state index contributed by atoms with van der Waals surface area (Å²) >= 11 is 0. The third kappa shape index (κ3) is 1.92. The predicted octanol–water partition coefficient (Wildman–Crippen LogP) is 2.57. The second kappa shape index (κ2) is 4.93. The predicted molar refractivity (Wildman–Crippen MR) is 73.5 cm³/mol. The highest BCUT2D eigenvalue weighted by Crippen LogP contribution is 2.37. The van der Waals surface area contributed by atoms with E-state index in [1.807, 2.05) is 36.4 Å². The van der Waals surface area contributed by atoms with Crippen LogP contribution in [0.15, 0.2) is 41.6 Å². The van der Waals surface area contributed by atoms with Gasteiger partial charge in [0.25, 0.3) is 0 Å². The molecule has 0 bridgehead atoms. The molecule has 0 aromatic heterocycles. The minimum absolute atomic E-state index is 0.0833. The second-order valence-electron chi connectivity index (χ2n) is 5.10. The van der Waals surface area contributed by atoms with E-state index in [-0.39, 0.29) is 18.1 Å². The van der Waals surface area contributed by atoms with E-state index in [1.165, 1.54) is 0 Å². The molecule has 1 atom stereocenters. The monoisotopic (exact) mass is 266 g/mol. The van der Waals surface area contributed by atoms with Gasteiger partial charge in [0.2, 0.25) is 5.91 Å². The lowest BCUT2D eigenvalue weighted by Crippen LogP contribution is -2.42. The molecule has 0 fully saturated rings. The van der Waals surface area contributed by atoms with E-state index in [4.69, 9.17) is 0 Å². The largest absolute Gasteiger partial charge is 0.294 e. The number of rotatable bonds is 1. The molecule has 1 amide bonds. The van der Waals surface area contributed by atoms with E-state index >= 15 is 0 Å². The Balaban J connectivity index is 2.14. The van der Waals surface area contributed by atoms with Gasteiger partial charge >= 0.3 is 0 Å². The summed E-state index contributed by atoms with van der Waals surface area (Å²) in [4.78, 5) is 26.1. The van der Waals surface area contributed by atoms with Gasteiger partial charge in [-0.3, -0.25) is 14.5 Å². The zero-order valence-electron chi connectivity index (χ0n) is 11.0. The van der Waals surface area contributed by atoms with Crippen molar-refractivity contribution >= 4 is 17.4 Å². The van der Waals surface area contributed by atoms with Crippen LogP contribution in [0.1, 0.15) is 25.7 Å². The highest BCUT2D eigenvalue weighted by Gasteiger charge is 2.38. The van der Waals surface area contributed by atoms with Crippen LogP contribution in [-0.2, 0) is 9.59 Å². The van der Waals surface area contributed by atoms with Crippen molar-refractivity contribution in [2.45, 2.75) is 25.7 Å². The Hall–Kier alpha value is -2.41. The molecule has 0 radical (unpaired) electrons. The number of para-hydroxylation sites is 1. The number of benzene rings is 1. The maximum atomic E-state index is 12.5. The highest BCUT2D eigenvalue weighted by molar-refractivity contribution is 6.07. The molecule has 1 aromatic rings. The van der Waals surface area contributed by atoms with Gasteiger partial charge in [0.15, 0.2) is 5.78 Å². The first-order valence-electron chi connectivity index (χ1n) is 6.76. The van der Waals surface area contributed by atoms with Gasteiger partial charge in [-0.25, -0.2) is 0 Å². The molecule has 0 N–H and O–H groups in total. The highest BCUT2D eigenvalue weighted by atomic mass is 16.2. The molecular weight excluding hydrogens is 252 g/mol. The average Bonchev–Trinajstić information content (AvgIpc) is 2.48. The van der Waals surface area contributed by atoms with Crippen LogP contribution in [0.4, 0.5) is 5.69 Å². The van der Waals surface area contributed by atoms with Crippen molar-refractivity contribution in [3.63, 3.8) is 0 Å². The van der Waals surface area contributed by atoms with Crippen LogP contribution in [0, 0.1) is 17.2 Å². The number of nitrogens with zero attached hydrogens (tertiary/aromatic N) is 2. The third-order valence-corrected chi connectivity index (χ3v) is 3.87. The zero-order chi connectivity index (χ0) is 14.1. The summed E-state index contributed by atoms with van der Waals surface area (Å²) < 4.78 is 0. The quantitative estimate of drug-likeness (QED) is 0.784. The van der Waals surface area contributed by atoms with Crippen molar-refractivity contribution in [3.8, 4) is 6.07 Å². The van der Waals surface area contributed by atoms with Gasteiger partial charge in [0.05, 0.1) is 6.07 Å². The van der Waals surface area contributed by atoms with E-state index in [2.05, 4.69) is 0 Å². The number of anilines is 1. The number of nitriles is 1. The van der Waals surface area contributed by atoms with Gasteiger partial charge in [-0.15, -0.1) is 0 Å². The van der Waals surface area contributed by atoms with Crippen LogP contribution < -0.4 is 4.90 Å². The summed E-state index contributed by atoms with van der Waals surface area (Å²) in [6, 6.07) is 11.3.